The lowest BCUT2D eigenvalue weighted by molar-refractivity contribution is 0.102. The number of nitrogens with one attached hydrogen (secondary N) is 1. The number of carbonyl (C=O) groups excluding carboxylic acids is 1. The molecule has 0 fully saturated rings. The number of anilines is 1. The highest BCUT2D eigenvalue weighted by Gasteiger charge is 2.09. The van der Waals surface area contributed by atoms with E-state index in [4.69, 9.17) is 0 Å². The lowest BCUT2D eigenvalue weighted by Crippen LogP contribution is -2.11. The van der Waals surface area contributed by atoms with Crippen molar-refractivity contribution in [2.24, 2.45) is 0 Å². The summed E-state index contributed by atoms with van der Waals surface area (Å²) in [5, 5.41) is 4.51. The van der Waals surface area contributed by atoms with Crippen LogP contribution in [0.1, 0.15) is 15.9 Å². The summed E-state index contributed by atoms with van der Waals surface area (Å²) in [7, 11) is 0. The number of benzene rings is 1. The molecule has 0 saturated carbocycles. The van der Waals surface area contributed by atoms with Crippen LogP contribution in [0.3, 0.4) is 0 Å². The van der Waals surface area contributed by atoms with Gasteiger partial charge in [-0.15, -0.1) is 11.3 Å². The fraction of sp³-hybridized carbons (Fsp3) is 0.0833. The minimum atomic E-state index is -0.307. The first-order valence-electron chi connectivity index (χ1n) is 4.88. The molecule has 0 spiro atoms. The summed E-state index contributed by atoms with van der Waals surface area (Å²) >= 11 is 4.74. The minimum absolute atomic E-state index is 0.193. The quantitative estimate of drug-likeness (QED) is 0.884. The van der Waals surface area contributed by atoms with Crippen LogP contribution in [0.15, 0.2) is 33.4 Å². The highest BCUT2D eigenvalue weighted by atomic mass is 79.9. The first-order chi connectivity index (χ1) is 8.06. The summed E-state index contributed by atoms with van der Waals surface area (Å²) in [6.45, 7) is 1.75. The predicted molar refractivity (Wildman–Crippen MR) is 71.1 cm³/mol. The van der Waals surface area contributed by atoms with E-state index >= 15 is 0 Å². The largest absolute Gasteiger partial charge is 0.322 e. The third-order valence-electron chi connectivity index (χ3n) is 2.27. The van der Waals surface area contributed by atoms with Crippen molar-refractivity contribution in [2.75, 3.05) is 5.32 Å². The van der Waals surface area contributed by atoms with Crippen LogP contribution in [-0.2, 0) is 0 Å². The predicted octanol–water partition coefficient (Wildman–Crippen LogP) is 4.21. The fourth-order valence-corrected chi connectivity index (χ4v) is 2.53. The number of rotatable bonds is 2. The standard InChI is InChI=1S/C12H9BrFNOS/c1-7-4-9(14)2-3-10(7)15-12(16)8-5-11(13)17-6-8/h2-6H,1H3,(H,15,16). The molecular weight excluding hydrogens is 305 g/mol. The molecule has 1 heterocycles. The van der Waals surface area contributed by atoms with Crippen molar-refractivity contribution in [2.45, 2.75) is 6.92 Å². The Hall–Kier alpha value is -1.20. The third-order valence-corrected chi connectivity index (χ3v) is 3.77. The second kappa shape index (κ2) is 4.98. The number of hydrogen-bond donors (Lipinski definition) is 1. The topological polar surface area (TPSA) is 29.1 Å². The van der Waals surface area contributed by atoms with Crippen LogP contribution in [0.4, 0.5) is 10.1 Å². The molecule has 0 radical (unpaired) electrons. The molecule has 2 nitrogen and oxygen atoms in total. The van der Waals surface area contributed by atoms with E-state index < -0.39 is 0 Å². The summed E-state index contributed by atoms with van der Waals surface area (Å²) < 4.78 is 13.8. The van der Waals surface area contributed by atoms with E-state index in [9.17, 15) is 9.18 Å². The van der Waals surface area contributed by atoms with E-state index in [-0.39, 0.29) is 11.7 Å². The number of hydrogen-bond acceptors (Lipinski definition) is 2. The third kappa shape index (κ3) is 2.92. The molecule has 0 aliphatic rings. The first-order valence-corrected chi connectivity index (χ1v) is 6.55. The molecule has 0 bridgehead atoms. The van der Waals surface area contributed by atoms with Crippen molar-refractivity contribution in [1.29, 1.82) is 0 Å². The normalized spacial score (nSPS) is 10.3. The van der Waals surface area contributed by atoms with Crippen molar-refractivity contribution < 1.29 is 9.18 Å². The number of carbonyl (C=O) groups is 1. The van der Waals surface area contributed by atoms with Crippen LogP contribution in [0, 0.1) is 12.7 Å². The van der Waals surface area contributed by atoms with E-state index in [1.807, 2.05) is 0 Å². The van der Waals surface area contributed by atoms with Crippen LogP contribution in [-0.4, -0.2) is 5.91 Å². The van der Waals surface area contributed by atoms with Crippen molar-refractivity contribution in [3.05, 3.63) is 50.4 Å². The van der Waals surface area contributed by atoms with Crippen molar-refractivity contribution in [1.82, 2.24) is 0 Å². The van der Waals surface area contributed by atoms with Gasteiger partial charge in [0.1, 0.15) is 5.82 Å². The maximum absolute atomic E-state index is 12.9. The first kappa shape index (κ1) is 12.3. The molecule has 0 aliphatic heterocycles. The molecule has 5 heteroatoms. The summed E-state index contributed by atoms with van der Waals surface area (Å²) in [4.78, 5) is 11.8. The van der Waals surface area contributed by atoms with Gasteiger partial charge in [-0.3, -0.25) is 4.79 Å². The molecule has 0 atom stereocenters. The average molecular weight is 314 g/mol. The maximum Gasteiger partial charge on any atom is 0.256 e. The van der Waals surface area contributed by atoms with Crippen LogP contribution >= 0.6 is 27.3 Å². The van der Waals surface area contributed by atoms with E-state index in [1.54, 1.807) is 24.4 Å². The van der Waals surface area contributed by atoms with E-state index in [1.165, 1.54) is 23.5 Å². The Morgan fingerprint density at radius 1 is 1.41 bits per heavy atom. The molecule has 1 aromatic heterocycles. The molecule has 17 heavy (non-hydrogen) atoms. The van der Waals surface area contributed by atoms with Gasteiger partial charge in [0, 0.05) is 11.1 Å². The van der Waals surface area contributed by atoms with E-state index in [0.717, 1.165) is 3.79 Å². The van der Waals surface area contributed by atoms with Gasteiger partial charge in [-0.05, 0) is 52.7 Å². The monoisotopic (exact) mass is 313 g/mol. The zero-order valence-electron chi connectivity index (χ0n) is 8.96. The SMILES string of the molecule is Cc1cc(F)ccc1NC(=O)c1csc(Br)c1. The van der Waals surface area contributed by atoms with Crippen molar-refractivity contribution in [3.63, 3.8) is 0 Å². The lowest BCUT2D eigenvalue weighted by Gasteiger charge is -2.07. The van der Waals surface area contributed by atoms with Gasteiger partial charge in [-0.2, -0.15) is 0 Å². The summed E-state index contributed by atoms with van der Waals surface area (Å²) in [6.07, 6.45) is 0. The van der Waals surface area contributed by atoms with Gasteiger partial charge in [0.05, 0.1) is 9.35 Å². The Morgan fingerprint density at radius 3 is 2.76 bits per heavy atom. The molecule has 88 valence electrons. The van der Waals surface area contributed by atoms with E-state index in [0.29, 0.717) is 16.8 Å². The van der Waals surface area contributed by atoms with Gasteiger partial charge >= 0.3 is 0 Å². The second-order valence-corrected chi connectivity index (χ2v) is 5.84. The van der Waals surface area contributed by atoms with Gasteiger partial charge in [0.15, 0.2) is 0 Å². The average Bonchev–Trinajstić information content (AvgIpc) is 2.69. The van der Waals surface area contributed by atoms with E-state index in [2.05, 4.69) is 21.2 Å². The van der Waals surface area contributed by atoms with Crippen LogP contribution in [0.2, 0.25) is 0 Å². The number of aryl methyl sites for hydroxylation is 1. The Labute approximate surface area is 111 Å². The Kier molecular flexibility index (Phi) is 3.59. The molecule has 0 saturated heterocycles. The number of thiophene rings is 1. The molecule has 1 amide bonds. The van der Waals surface area contributed by atoms with Crippen LogP contribution in [0.25, 0.3) is 0 Å². The highest BCUT2D eigenvalue weighted by molar-refractivity contribution is 9.11. The summed E-state index contributed by atoms with van der Waals surface area (Å²) in [6, 6.07) is 6.02. The molecule has 1 aromatic carbocycles. The Morgan fingerprint density at radius 2 is 2.18 bits per heavy atom. The Bertz CT molecular complexity index is 567. The highest BCUT2D eigenvalue weighted by Crippen LogP contribution is 2.22. The Balaban J connectivity index is 2.18. The zero-order chi connectivity index (χ0) is 12.4. The molecule has 0 unspecified atom stereocenters. The maximum atomic E-state index is 12.9. The lowest BCUT2D eigenvalue weighted by atomic mass is 10.2. The van der Waals surface area contributed by atoms with Gasteiger partial charge in [-0.25, -0.2) is 4.39 Å². The molecule has 2 aromatic rings. The smallest absolute Gasteiger partial charge is 0.256 e. The summed E-state index contributed by atoms with van der Waals surface area (Å²) in [5.41, 5.74) is 1.91. The van der Waals surface area contributed by atoms with Gasteiger partial charge in [-0.1, -0.05) is 0 Å². The molecule has 0 aliphatic carbocycles. The van der Waals surface area contributed by atoms with Crippen LogP contribution in [0.5, 0.6) is 0 Å². The van der Waals surface area contributed by atoms with Gasteiger partial charge < -0.3 is 5.32 Å². The van der Waals surface area contributed by atoms with Crippen molar-refractivity contribution >= 4 is 38.9 Å². The molecular formula is C12H9BrFNOS. The van der Waals surface area contributed by atoms with Gasteiger partial charge in [0.25, 0.3) is 5.91 Å². The van der Waals surface area contributed by atoms with Crippen LogP contribution < -0.4 is 5.32 Å². The van der Waals surface area contributed by atoms with Gasteiger partial charge in [0.2, 0.25) is 0 Å². The van der Waals surface area contributed by atoms with Crippen molar-refractivity contribution in [3.8, 4) is 0 Å². The molecule has 1 N–H and O–H groups in total. The second-order valence-electron chi connectivity index (χ2n) is 3.55. The molecule has 2 rings (SSSR count). The zero-order valence-corrected chi connectivity index (χ0v) is 11.4. The number of halogens is 2. The fourth-order valence-electron chi connectivity index (χ4n) is 1.39. The summed E-state index contributed by atoms with van der Waals surface area (Å²) in [5.74, 6) is -0.500. The number of amides is 1. The minimum Gasteiger partial charge on any atom is -0.322 e.